The Labute approximate surface area is 112 Å². The third-order valence-electron chi connectivity index (χ3n) is 1.46. The third kappa shape index (κ3) is 4.83. The number of nitrogens with two attached hydrogens (primary N) is 1. The van der Waals surface area contributed by atoms with E-state index in [1.54, 1.807) is 0 Å². The number of benzene rings is 1. The predicted molar refractivity (Wildman–Crippen MR) is 59.0 cm³/mol. The van der Waals surface area contributed by atoms with Crippen molar-refractivity contribution in [1.29, 1.82) is 0 Å². The van der Waals surface area contributed by atoms with Crippen molar-refractivity contribution in [3.8, 4) is 0 Å². The van der Waals surface area contributed by atoms with Gasteiger partial charge in [-0.3, -0.25) is 0 Å². The topological polar surface area (TPSA) is 38.0 Å². The molecule has 2 nitrogen and oxygen atoms in total. The number of hydrogen-bond donors (Lipinski definition) is 2. The molecule has 0 fully saturated rings. The van der Waals surface area contributed by atoms with E-state index in [4.69, 9.17) is 5.73 Å². The fourth-order valence-corrected chi connectivity index (χ4v) is 1.03. The second kappa shape index (κ2) is 5.69. The molecule has 0 atom stereocenters. The van der Waals surface area contributed by atoms with E-state index in [-0.39, 0.29) is 40.4 Å². The molecule has 1 aromatic rings. The number of halogens is 3. The Bertz CT molecular complexity index is 354. The number of alkyl halides is 3. The van der Waals surface area contributed by atoms with Crippen molar-refractivity contribution in [2.75, 3.05) is 5.32 Å². The van der Waals surface area contributed by atoms with E-state index >= 15 is 0 Å². The summed E-state index contributed by atoms with van der Waals surface area (Å²) >= 11 is 4.50. The molecule has 0 aromatic heterocycles. The number of nitrogens with one attached hydrogen (secondary N) is 1. The summed E-state index contributed by atoms with van der Waals surface area (Å²) in [6, 6.07) is 4.65. The van der Waals surface area contributed by atoms with Crippen LogP contribution in [0, 0.1) is 0 Å². The quantitative estimate of drug-likeness (QED) is 0.583. The molecule has 0 unspecified atom stereocenters. The monoisotopic (exact) mass is 244 g/mol. The molecule has 7 heteroatoms. The Morgan fingerprint density at radius 2 is 1.93 bits per heavy atom. The standard InChI is InChI=1S/C8H7F3N2S.Na.H/c9-8(10,11)5-2-1-3-6(4-5)13-7(12)14;;/h1-4H,(H3,12,13,14);;. The van der Waals surface area contributed by atoms with E-state index in [2.05, 4.69) is 17.5 Å². The van der Waals surface area contributed by atoms with Crippen LogP contribution in [0.25, 0.3) is 0 Å². The van der Waals surface area contributed by atoms with Crippen molar-refractivity contribution in [3.05, 3.63) is 29.8 Å². The fourth-order valence-electron chi connectivity index (χ4n) is 0.916. The summed E-state index contributed by atoms with van der Waals surface area (Å²) in [5.41, 5.74) is 4.61. The van der Waals surface area contributed by atoms with E-state index in [1.165, 1.54) is 12.1 Å². The van der Waals surface area contributed by atoms with Gasteiger partial charge in [0.25, 0.3) is 0 Å². The molecule has 1 rings (SSSR count). The van der Waals surface area contributed by atoms with Gasteiger partial charge in [0.1, 0.15) is 0 Å². The summed E-state index contributed by atoms with van der Waals surface area (Å²) in [5, 5.41) is 2.36. The normalized spacial score (nSPS) is 10.3. The SMILES string of the molecule is NC(=S)Nc1cccc(C(F)(F)F)c1.[NaH]. The first kappa shape index (κ1) is 14.7. The molecule has 0 aliphatic rings. The van der Waals surface area contributed by atoms with Crippen LogP contribution < -0.4 is 11.1 Å². The molecule has 0 radical (unpaired) electrons. The second-order valence-electron chi connectivity index (χ2n) is 2.57. The molecule has 0 bridgehead atoms. The van der Waals surface area contributed by atoms with Gasteiger partial charge >= 0.3 is 35.7 Å². The van der Waals surface area contributed by atoms with Crippen molar-refractivity contribution < 1.29 is 13.2 Å². The van der Waals surface area contributed by atoms with Gasteiger partial charge in [0.2, 0.25) is 0 Å². The molecule has 0 aliphatic heterocycles. The van der Waals surface area contributed by atoms with Crippen LogP contribution in [-0.2, 0) is 6.18 Å². The predicted octanol–water partition coefficient (Wildman–Crippen LogP) is 1.71. The van der Waals surface area contributed by atoms with Crippen LogP contribution in [-0.4, -0.2) is 34.7 Å². The van der Waals surface area contributed by atoms with Gasteiger partial charge in [-0.2, -0.15) is 13.2 Å². The number of anilines is 1. The maximum absolute atomic E-state index is 12.2. The summed E-state index contributed by atoms with van der Waals surface area (Å²) in [4.78, 5) is 0. The second-order valence-corrected chi connectivity index (χ2v) is 3.01. The van der Waals surface area contributed by atoms with Crippen molar-refractivity contribution in [3.63, 3.8) is 0 Å². The maximum atomic E-state index is 12.2. The van der Waals surface area contributed by atoms with Crippen molar-refractivity contribution in [2.24, 2.45) is 5.73 Å². The molecule has 3 N–H and O–H groups in total. The zero-order chi connectivity index (χ0) is 10.8. The molecule has 0 amide bonds. The first-order valence-electron chi connectivity index (χ1n) is 3.63. The number of rotatable bonds is 1. The average Bonchev–Trinajstić information content (AvgIpc) is 2.01. The van der Waals surface area contributed by atoms with Gasteiger partial charge in [-0.25, -0.2) is 0 Å². The Balaban J connectivity index is 0.00000196. The summed E-state index contributed by atoms with van der Waals surface area (Å²) in [6.45, 7) is 0. The number of thiocarbonyl (C=S) groups is 1. The van der Waals surface area contributed by atoms with Crippen molar-refractivity contribution in [1.82, 2.24) is 0 Å². The van der Waals surface area contributed by atoms with E-state index in [0.29, 0.717) is 0 Å². The first-order chi connectivity index (χ1) is 6.39. The molecule has 1 aromatic carbocycles. The zero-order valence-electron chi connectivity index (χ0n) is 6.93. The molecule has 15 heavy (non-hydrogen) atoms. The molecule has 0 saturated heterocycles. The van der Waals surface area contributed by atoms with E-state index in [9.17, 15) is 13.2 Å². The third-order valence-corrected chi connectivity index (χ3v) is 1.56. The van der Waals surface area contributed by atoms with Crippen LogP contribution in [0.4, 0.5) is 18.9 Å². The van der Waals surface area contributed by atoms with Gasteiger partial charge in [-0.15, -0.1) is 0 Å². The molecular weight excluding hydrogens is 236 g/mol. The molecule has 0 saturated carbocycles. The van der Waals surface area contributed by atoms with Gasteiger partial charge in [-0.05, 0) is 30.4 Å². The van der Waals surface area contributed by atoms with Gasteiger partial charge in [0.05, 0.1) is 5.56 Å². The molecule has 0 aliphatic carbocycles. The fraction of sp³-hybridized carbons (Fsp3) is 0.125. The summed E-state index contributed by atoms with van der Waals surface area (Å²) in [7, 11) is 0. The Hall–Kier alpha value is -0.300. The van der Waals surface area contributed by atoms with Crippen LogP contribution in [0.3, 0.4) is 0 Å². The summed E-state index contributed by atoms with van der Waals surface area (Å²) < 4.78 is 36.6. The van der Waals surface area contributed by atoms with Crippen molar-refractivity contribution >= 4 is 52.6 Å². The molecule has 78 valence electrons. The summed E-state index contributed by atoms with van der Waals surface area (Å²) in [5.74, 6) is 0. The Kier molecular flexibility index (Phi) is 5.58. The average molecular weight is 244 g/mol. The van der Waals surface area contributed by atoms with Crippen LogP contribution in [0.5, 0.6) is 0 Å². The molecular formula is C8H8F3N2NaS. The van der Waals surface area contributed by atoms with Gasteiger partial charge in [0.15, 0.2) is 5.11 Å². The van der Waals surface area contributed by atoms with Gasteiger partial charge < -0.3 is 11.1 Å². The Morgan fingerprint density at radius 1 is 1.33 bits per heavy atom. The minimum atomic E-state index is -4.35. The molecule has 0 heterocycles. The van der Waals surface area contributed by atoms with Crippen LogP contribution >= 0.6 is 12.2 Å². The summed E-state index contributed by atoms with van der Waals surface area (Å²) in [6.07, 6.45) is -4.35. The van der Waals surface area contributed by atoms with E-state index in [1.807, 2.05) is 0 Å². The van der Waals surface area contributed by atoms with Gasteiger partial charge in [0, 0.05) is 5.69 Å². The van der Waals surface area contributed by atoms with Crippen LogP contribution in [0.15, 0.2) is 24.3 Å². The van der Waals surface area contributed by atoms with E-state index < -0.39 is 11.7 Å². The Morgan fingerprint density at radius 3 is 2.40 bits per heavy atom. The number of hydrogen-bond acceptors (Lipinski definition) is 1. The minimum absolute atomic E-state index is 0. The zero-order valence-corrected chi connectivity index (χ0v) is 7.75. The molecule has 0 spiro atoms. The van der Waals surface area contributed by atoms with Crippen LogP contribution in [0.1, 0.15) is 5.56 Å². The first-order valence-corrected chi connectivity index (χ1v) is 4.04. The van der Waals surface area contributed by atoms with Crippen LogP contribution in [0.2, 0.25) is 0 Å². The van der Waals surface area contributed by atoms with E-state index in [0.717, 1.165) is 12.1 Å². The van der Waals surface area contributed by atoms with Gasteiger partial charge in [-0.1, -0.05) is 6.07 Å². The van der Waals surface area contributed by atoms with Crippen molar-refractivity contribution in [2.45, 2.75) is 6.18 Å².